The van der Waals surface area contributed by atoms with E-state index in [0.717, 1.165) is 25.9 Å². The third-order valence-electron chi connectivity index (χ3n) is 2.72. The van der Waals surface area contributed by atoms with Crippen LogP contribution >= 0.6 is 11.8 Å². The van der Waals surface area contributed by atoms with Gasteiger partial charge in [-0.3, -0.25) is 9.59 Å². The van der Waals surface area contributed by atoms with Crippen LogP contribution < -0.4 is 0 Å². The molecular weight excluding hydrogens is 258 g/mol. The zero-order chi connectivity index (χ0) is 13.0. The summed E-state index contributed by atoms with van der Waals surface area (Å²) in [5.74, 6) is -1.40. The molecule has 0 aromatic rings. The summed E-state index contributed by atoms with van der Waals surface area (Å²) in [7, 11) is 0. The predicted octanol–water partition coefficient (Wildman–Crippen LogP) is 0.853. The van der Waals surface area contributed by atoms with Crippen molar-refractivity contribution in [3.63, 3.8) is 0 Å². The van der Waals surface area contributed by atoms with Crippen LogP contribution in [-0.4, -0.2) is 40.6 Å². The van der Waals surface area contributed by atoms with Crippen molar-refractivity contribution < 1.29 is 24.0 Å². The molecule has 18 heavy (non-hydrogen) atoms. The second-order valence-electron chi connectivity index (χ2n) is 4.15. The molecular formula is C11H15NO5S. The number of ether oxygens (including phenoxy) is 1. The number of hydrogen-bond acceptors (Lipinski definition) is 6. The molecule has 6 nitrogen and oxygen atoms in total. The fourth-order valence-corrected chi connectivity index (χ4v) is 2.69. The zero-order valence-corrected chi connectivity index (χ0v) is 10.7. The maximum atomic E-state index is 11.5. The molecule has 2 aliphatic heterocycles. The van der Waals surface area contributed by atoms with Crippen molar-refractivity contribution in [3.8, 4) is 0 Å². The zero-order valence-electron chi connectivity index (χ0n) is 9.92. The average molecular weight is 273 g/mol. The van der Waals surface area contributed by atoms with Gasteiger partial charge in [-0.15, -0.1) is 16.8 Å². The van der Waals surface area contributed by atoms with Gasteiger partial charge in [0.05, 0.1) is 5.75 Å². The van der Waals surface area contributed by atoms with E-state index in [9.17, 15) is 14.4 Å². The Bertz CT molecular complexity index is 337. The number of amides is 2. The van der Waals surface area contributed by atoms with Crippen molar-refractivity contribution >= 4 is 29.5 Å². The monoisotopic (exact) mass is 273 g/mol. The van der Waals surface area contributed by atoms with E-state index in [2.05, 4.69) is 0 Å². The molecule has 2 rings (SSSR count). The van der Waals surface area contributed by atoms with Crippen molar-refractivity contribution in [1.82, 2.24) is 5.06 Å². The van der Waals surface area contributed by atoms with Gasteiger partial charge in [-0.25, -0.2) is 4.79 Å². The maximum Gasteiger partial charge on any atom is 0.343 e. The van der Waals surface area contributed by atoms with Crippen LogP contribution in [0.5, 0.6) is 0 Å². The summed E-state index contributed by atoms with van der Waals surface area (Å²) in [6.45, 7) is 0.718. The molecule has 0 saturated carbocycles. The van der Waals surface area contributed by atoms with E-state index in [1.54, 1.807) is 0 Å². The lowest BCUT2D eigenvalue weighted by molar-refractivity contribution is -0.195. The lowest BCUT2D eigenvalue weighted by atomic mass is 10.2. The molecule has 0 aromatic carbocycles. The van der Waals surface area contributed by atoms with Gasteiger partial charge in [0.1, 0.15) is 5.44 Å². The van der Waals surface area contributed by atoms with Crippen molar-refractivity contribution in [2.75, 3.05) is 12.4 Å². The highest BCUT2D eigenvalue weighted by Crippen LogP contribution is 2.23. The maximum absolute atomic E-state index is 11.5. The quantitative estimate of drug-likeness (QED) is 0.707. The molecule has 0 spiro atoms. The highest BCUT2D eigenvalue weighted by Gasteiger charge is 2.32. The number of hydroxylamine groups is 2. The van der Waals surface area contributed by atoms with Crippen molar-refractivity contribution in [1.29, 1.82) is 0 Å². The van der Waals surface area contributed by atoms with Gasteiger partial charge in [0.25, 0.3) is 11.8 Å². The minimum Gasteiger partial charge on any atom is -0.368 e. The Morgan fingerprint density at radius 1 is 1.33 bits per heavy atom. The first kappa shape index (κ1) is 13.4. The number of rotatable bonds is 4. The number of hydrogen-bond donors (Lipinski definition) is 0. The summed E-state index contributed by atoms with van der Waals surface area (Å²) in [4.78, 5) is 38.7. The molecule has 0 aromatic heterocycles. The molecule has 2 heterocycles. The lowest BCUT2D eigenvalue weighted by Crippen LogP contribution is -2.33. The summed E-state index contributed by atoms with van der Waals surface area (Å²) in [5, 5.41) is 0.574. The third kappa shape index (κ3) is 3.46. The van der Waals surface area contributed by atoms with Crippen LogP contribution in [0.15, 0.2) is 0 Å². The van der Waals surface area contributed by atoms with Gasteiger partial charge in [-0.05, 0) is 19.3 Å². The molecule has 2 amide bonds. The number of imide groups is 1. The molecule has 0 N–H and O–H groups in total. The molecule has 100 valence electrons. The van der Waals surface area contributed by atoms with Crippen molar-refractivity contribution in [3.05, 3.63) is 0 Å². The van der Waals surface area contributed by atoms with Crippen LogP contribution in [-0.2, 0) is 24.0 Å². The Morgan fingerprint density at radius 3 is 2.67 bits per heavy atom. The van der Waals surface area contributed by atoms with E-state index in [1.807, 2.05) is 0 Å². The molecule has 7 heteroatoms. The molecule has 2 fully saturated rings. The Kier molecular flexibility index (Phi) is 4.60. The lowest BCUT2D eigenvalue weighted by Gasteiger charge is -2.21. The number of nitrogens with zero attached hydrogens (tertiary/aromatic N) is 1. The van der Waals surface area contributed by atoms with Crippen LogP contribution in [0.4, 0.5) is 0 Å². The Labute approximate surface area is 109 Å². The molecule has 0 bridgehead atoms. The van der Waals surface area contributed by atoms with Crippen LogP contribution in [0.25, 0.3) is 0 Å². The highest BCUT2D eigenvalue weighted by molar-refractivity contribution is 8.00. The molecule has 0 unspecified atom stereocenters. The fraction of sp³-hybridized carbons (Fsp3) is 0.727. The second kappa shape index (κ2) is 6.19. The fourth-order valence-electron chi connectivity index (χ4n) is 1.79. The summed E-state index contributed by atoms with van der Waals surface area (Å²) in [5.41, 5.74) is 0.0104. The summed E-state index contributed by atoms with van der Waals surface area (Å²) >= 11 is 1.35. The second-order valence-corrected chi connectivity index (χ2v) is 5.30. The van der Waals surface area contributed by atoms with E-state index in [0.29, 0.717) is 5.06 Å². The normalized spacial score (nSPS) is 24.4. The summed E-state index contributed by atoms with van der Waals surface area (Å²) < 4.78 is 5.45. The largest absolute Gasteiger partial charge is 0.368 e. The minimum absolute atomic E-state index is 0.0104. The molecule has 2 saturated heterocycles. The van der Waals surface area contributed by atoms with E-state index in [4.69, 9.17) is 9.57 Å². The Hall–Kier alpha value is -1.08. The predicted molar refractivity (Wildman–Crippen MR) is 63.2 cm³/mol. The van der Waals surface area contributed by atoms with Gasteiger partial charge in [0.15, 0.2) is 0 Å². The average Bonchev–Trinajstić information content (AvgIpc) is 2.69. The SMILES string of the molecule is O=C(CS[C@H]1CCCCO1)ON1C(=O)CCC1=O. The summed E-state index contributed by atoms with van der Waals surface area (Å²) in [6, 6.07) is 0. The number of thioether (sulfide) groups is 1. The van der Waals surface area contributed by atoms with Crippen molar-refractivity contribution in [2.24, 2.45) is 0 Å². The van der Waals surface area contributed by atoms with Crippen LogP contribution in [0.1, 0.15) is 32.1 Å². The van der Waals surface area contributed by atoms with Crippen LogP contribution in [0, 0.1) is 0 Å². The Balaban J connectivity index is 1.71. The number of carbonyl (C=O) groups is 3. The first-order valence-corrected chi connectivity index (χ1v) is 7.01. The van der Waals surface area contributed by atoms with E-state index < -0.39 is 17.8 Å². The van der Waals surface area contributed by atoms with Gasteiger partial charge < -0.3 is 9.57 Å². The highest BCUT2D eigenvalue weighted by atomic mass is 32.2. The molecule has 1 atom stereocenters. The van der Waals surface area contributed by atoms with E-state index in [-0.39, 0.29) is 24.0 Å². The third-order valence-corrected chi connectivity index (χ3v) is 3.87. The van der Waals surface area contributed by atoms with Gasteiger partial charge in [0.2, 0.25) is 0 Å². The van der Waals surface area contributed by atoms with Crippen LogP contribution in [0.3, 0.4) is 0 Å². The van der Waals surface area contributed by atoms with E-state index in [1.165, 1.54) is 11.8 Å². The van der Waals surface area contributed by atoms with Crippen LogP contribution in [0.2, 0.25) is 0 Å². The van der Waals surface area contributed by atoms with Gasteiger partial charge in [-0.1, -0.05) is 0 Å². The Morgan fingerprint density at radius 2 is 2.06 bits per heavy atom. The van der Waals surface area contributed by atoms with Crippen molar-refractivity contribution in [2.45, 2.75) is 37.5 Å². The smallest absolute Gasteiger partial charge is 0.343 e. The molecule has 2 aliphatic rings. The van der Waals surface area contributed by atoms with E-state index >= 15 is 0 Å². The molecule has 0 aliphatic carbocycles. The molecule has 0 radical (unpaired) electrons. The van der Waals surface area contributed by atoms with Gasteiger partial charge in [0, 0.05) is 19.4 Å². The summed E-state index contributed by atoms with van der Waals surface area (Å²) in [6.07, 6.45) is 3.30. The topological polar surface area (TPSA) is 72.9 Å². The minimum atomic E-state index is -0.585. The number of carbonyl (C=O) groups excluding carboxylic acids is 3. The first-order chi connectivity index (χ1) is 8.66. The van der Waals surface area contributed by atoms with Gasteiger partial charge in [-0.2, -0.15) is 0 Å². The standard InChI is InChI=1S/C11H15NO5S/c13-8-4-5-9(14)12(8)17-10(15)7-18-11-3-1-2-6-16-11/h11H,1-7H2/t11-/m0/s1. The van der Waals surface area contributed by atoms with Gasteiger partial charge >= 0.3 is 5.97 Å². The first-order valence-electron chi connectivity index (χ1n) is 5.96.